The number of carbonyl (C=O) groups excluding carboxylic acids is 1. The van der Waals surface area contributed by atoms with Crippen LogP contribution in [0.1, 0.15) is 40.2 Å². The highest BCUT2D eigenvalue weighted by molar-refractivity contribution is 7.07. The highest BCUT2D eigenvalue weighted by atomic mass is 32.1. The molecule has 150 valence electrons. The van der Waals surface area contributed by atoms with Crippen LogP contribution in [0.15, 0.2) is 42.5 Å². The summed E-state index contributed by atoms with van der Waals surface area (Å²) in [6.07, 6.45) is 2.74. The lowest BCUT2D eigenvalue weighted by molar-refractivity contribution is 0.0792. The molecule has 1 aromatic heterocycles. The molecule has 0 N–H and O–H groups in total. The molecule has 1 aliphatic heterocycles. The van der Waals surface area contributed by atoms with E-state index in [0.717, 1.165) is 42.8 Å². The van der Waals surface area contributed by atoms with Gasteiger partial charge in [-0.25, -0.2) is 0 Å². The first-order valence-corrected chi connectivity index (χ1v) is 10.4. The summed E-state index contributed by atoms with van der Waals surface area (Å²) < 4.78 is 15.6. The van der Waals surface area contributed by atoms with Crippen molar-refractivity contribution in [1.29, 1.82) is 0 Å². The molecule has 1 fully saturated rings. The average Bonchev–Trinajstić information content (AvgIpc) is 3.42. The Morgan fingerprint density at radius 3 is 2.79 bits per heavy atom. The zero-order valence-electron chi connectivity index (χ0n) is 16.6. The van der Waals surface area contributed by atoms with Gasteiger partial charge in [-0.05, 0) is 55.2 Å². The second kappa shape index (κ2) is 8.61. The number of benzene rings is 2. The summed E-state index contributed by atoms with van der Waals surface area (Å²) in [7, 11) is 1.65. The third kappa shape index (κ3) is 4.56. The summed E-state index contributed by atoms with van der Waals surface area (Å²) in [5, 5.41) is 0.469. The molecule has 7 heteroatoms. The van der Waals surface area contributed by atoms with Gasteiger partial charge in [0, 0.05) is 36.6 Å². The molecule has 0 unspecified atom stereocenters. The van der Waals surface area contributed by atoms with Crippen LogP contribution in [-0.4, -0.2) is 40.4 Å². The molecule has 0 aliphatic carbocycles. The summed E-state index contributed by atoms with van der Waals surface area (Å²) in [5.41, 5.74) is 2.67. The Hall–Kier alpha value is -2.93. The molecule has 0 spiro atoms. The van der Waals surface area contributed by atoms with Crippen molar-refractivity contribution in [2.45, 2.75) is 26.2 Å². The van der Waals surface area contributed by atoms with Crippen LogP contribution in [-0.2, 0) is 6.42 Å². The fraction of sp³-hybridized carbons (Fsp3) is 0.318. The van der Waals surface area contributed by atoms with E-state index in [-0.39, 0.29) is 5.91 Å². The van der Waals surface area contributed by atoms with Crippen molar-refractivity contribution in [2.75, 3.05) is 20.2 Å². The second-order valence-corrected chi connectivity index (χ2v) is 7.80. The molecule has 1 saturated heterocycles. The van der Waals surface area contributed by atoms with Gasteiger partial charge in [-0.1, -0.05) is 18.2 Å². The fourth-order valence-electron chi connectivity index (χ4n) is 3.36. The number of rotatable bonds is 6. The van der Waals surface area contributed by atoms with Gasteiger partial charge in [-0.2, -0.15) is 9.36 Å². The first-order chi connectivity index (χ1) is 14.1. The van der Waals surface area contributed by atoms with Gasteiger partial charge in [0.1, 0.15) is 11.5 Å². The Labute approximate surface area is 174 Å². The third-order valence-corrected chi connectivity index (χ3v) is 5.60. The molecule has 0 saturated carbocycles. The number of methoxy groups -OCH3 is 1. The van der Waals surface area contributed by atoms with E-state index in [1.54, 1.807) is 13.2 Å². The normalized spacial score (nSPS) is 13.5. The van der Waals surface area contributed by atoms with Crippen molar-refractivity contribution in [3.8, 4) is 16.7 Å². The average molecular weight is 410 g/mol. The minimum atomic E-state index is 0.0586. The van der Waals surface area contributed by atoms with Crippen LogP contribution in [0.4, 0.5) is 0 Å². The molecular formula is C22H23N3O3S. The summed E-state index contributed by atoms with van der Waals surface area (Å²) in [5.74, 6) is 2.20. The van der Waals surface area contributed by atoms with Gasteiger partial charge in [-0.3, -0.25) is 4.79 Å². The summed E-state index contributed by atoms with van der Waals surface area (Å²) in [6.45, 7) is 3.61. The van der Waals surface area contributed by atoms with Crippen LogP contribution >= 0.6 is 11.5 Å². The Kier molecular flexibility index (Phi) is 5.76. The van der Waals surface area contributed by atoms with Gasteiger partial charge in [0.05, 0.1) is 7.11 Å². The molecule has 1 aliphatic rings. The van der Waals surface area contributed by atoms with Crippen molar-refractivity contribution in [3.63, 3.8) is 0 Å². The number of amides is 1. The SMILES string of the molecule is COc1cccc(Cc2nsc(Oc3cc(C(=O)N4CCCC4)ccc3C)n2)c1. The van der Waals surface area contributed by atoms with Gasteiger partial charge in [0.2, 0.25) is 0 Å². The number of ether oxygens (including phenoxy) is 2. The van der Waals surface area contributed by atoms with Crippen molar-refractivity contribution in [2.24, 2.45) is 0 Å². The molecule has 0 bridgehead atoms. The smallest absolute Gasteiger partial charge is 0.298 e. The Morgan fingerprint density at radius 1 is 1.17 bits per heavy atom. The van der Waals surface area contributed by atoms with E-state index in [1.165, 1.54) is 11.5 Å². The number of aromatic nitrogens is 2. The molecule has 29 heavy (non-hydrogen) atoms. The largest absolute Gasteiger partial charge is 0.497 e. The number of hydrogen-bond acceptors (Lipinski definition) is 6. The monoisotopic (exact) mass is 409 g/mol. The quantitative estimate of drug-likeness (QED) is 0.601. The van der Waals surface area contributed by atoms with E-state index in [4.69, 9.17) is 9.47 Å². The number of likely N-dealkylation sites (tertiary alicyclic amines) is 1. The molecule has 2 heterocycles. The summed E-state index contributed by atoms with van der Waals surface area (Å²) >= 11 is 1.21. The van der Waals surface area contributed by atoms with Crippen molar-refractivity contribution in [3.05, 3.63) is 65.0 Å². The fourth-order valence-corrected chi connectivity index (χ4v) is 3.92. The van der Waals surface area contributed by atoms with Crippen LogP contribution in [0.25, 0.3) is 0 Å². The number of carbonyl (C=O) groups is 1. The number of hydrogen-bond donors (Lipinski definition) is 0. The lowest BCUT2D eigenvalue weighted by Gasteiger charge is -2.16. The Morgan fingerprint density at radius 2 is 2.00 bits per heavy atom. The van der Waals surface area contributed by atoms with E-state index in [2.05, 4.69) is 9.36 Å². The van der Waals surface area contributed by atoms with Crippen molar-refractivity contribution >= 4 is 17.4 Å². The molecule has 6 nitrogen and oxygen atoms in total. The molecule has 4 rings (SSSR count). The first-order valence-electron chi connectivity index (χ1n) is 9.65. The third-order valence-electron chi connectivity index (χ3n) is 4.97. The zero-order valence-corrected chi connectivity index (χ0v) is 17.4. The predicted octanol–water partition coefficient (Wildman–Crippen LogP) is 4.47. The van der Waals surface area contributed by atoms with Gasteiger partial charge in [0.25, 0.3) is 11.1 Å². The lowest BCUT2D eigenvalue weighted by Crippen LogP contribution is -2.27. The Bertz CT molecular complexity index is 1010. The van der Waals surface area contributed by atoms with E-state index in [9.17, 15) is 4.79 Å². The highest BCUT2D eigenvalue weighted by Gasteiger charge is 2.20. The van der Waals surface area contributed by atoms with Gasteiger partial charge < -0.3 is 14.4 Å². The van der Waals surface area contributed by atoms with Gasteiger partial charge in [-0.15, -0.1) is 0 Å². The topological polar surface area (TPSA) is 64.6 Å². The second-order valence-electron chi connectivity index (χ2n) is 7.09. The van der Waals surface area contributed by atoms with Gasteiger partial charge in [0.15, 0.2) is 5.82 Å². The predicted molar refractivity (Wildman–Crippen MR) is 112 cm³/mol. The van der Waals surface area contributed by atoms with Crippen LogP contribution in [0.2, 0.25) is 0 Å². The van der Waals surface area contributed by atoms with Gasteiger partial charge >= 0.3 is 0 Å². The minimum absolute atomic E-state index is 0.0586. The van der Waals surface area contributed by atoms with E-state index in [0.29, 0.717) is 28.8 Å². The van der Waals surface area contributed by atoms with Crippen LogP contribution in [0, 0.1) is 6.92 Å². The standard InChI is InChI=1S/C22H23N3O3S/c1-15-8-9-17(21(26)25-10-3-4-11-25)14-19(15)28-22-23-20(24-29-22)13-16-6-5-7-18(12-16)27-2/h5-9,12,14H,3-4,10-11,13H2,1-2H3. The number of nitrogens with zero attached hydrogens (tertiary/aromatic N) is 3. The van der Waals surface area contributed by atoms with E-state index in [1.807, 2.05) is 48.2 Å². The minimum Gasteiger partial charge on any atom is -0.497 e. The van der Waals surface area contributed by atoms with E-state index >= 15 is 0 Å². The van der Waals surface area contributed by atoms with Crippen molar-refractivity contribution in [1.82, 2.24) is 14.3 Å². The van der Waals surface area contributed by atoms with Crippen LogP contribution < -0.4 is 9.47 Å². The maximum absolute atomic E-state index is 12.7. The zero-order chi connectivity index (χ0) is 20.2. The van der Waals surface area contributed by atoms with E-state index < -0.39 is 0 Å². The molecule has 2 aromatic carbocycles. The highest BCUT2D eigenvalue weighted by Crippen LogP contribution is 2.29. The first kappa shape index (κ1) is 19.4. The molecule has 1 amide bonds. The molecular weight excluding hydrogens is 386 g/mol. The van der Waals surface area contributed by atoms with Crippen molar-refractivity contribution < 1.29 is 14.3 Å². The molecule has 0 radical (unpaired) electrons. The summed E-state index contributed by atoms with van der Waals surface area (Å²) in [6, 6.07) is 13.4. The van der Waals surface area contributed by atoms with Crippen LogP contribution in [0.3, 0.4) is 0 Å². The van der Waals surface area contributed by atoms with Crippen LogP contribution in [0.5, 0.6) is 16.7 Å². The molecule has 3 aromatic rings. The molecule has 0 atom stereocenters. The Balaban J connectivity index is 1.48. The summed E-state index contributed by atoms with van der Waals surface area (Å²) in [4.78, 5) is 19.1. The lowest BCUT2D eigenvalue weighted by atomic mass is 10.1. The maximum atomic E-state index is 12.7. The maximum Gasteiger partial charge on any atom is 0.298 e. The number of aryl methyl sites for hydroxylation is 1.